The number of hydrazine groups is 1. The molecular formula is C21H35N3OS. The first-order chi connectivity index (χ1) is 12.8. The molecule has 4 fully saturated rings. The van der Waals surface area contributed by atoms with Crippen LogP contribution in [0.4, 0.5) is 0 Å². The maximum absolute atomic E-state index is 6.37. The van der Waals surface area contributed by atoms with Crippen LogP contribution < -0.4 is 0 Å². The summed E-state index contributed by atoms with van der Waals surface area (Å²) in [6, 6.07) is 0. The fraction of sp³-hybridized carbons (Fsp3) is 0.905. The third kappa shape index (κ3) is 2.76. The van der Waals surface area contributed by atoms with E-state index in [1.807, 2.05) is 0 Å². The van der Waals surface area contributed by atoms with E-state index in [1.165, 1.54) is 89.8 Å². The number of rotatable bonds is 5. The summed E-state index contributed by atoms with van der Waals surface area (Å²) in [6.45, 7) is 9.64. The summed E-state index contributed by atoms with van der Waals surface area (Å²) >= 11 is 2.21. The Bertz CT molecular complexity index is 545. The summed E-state index contributed by atoms with van der Waals surface area (Å²) in [5, 5.41) is 6.17. The van der Waals surface area contributed by atoms with Crippen LogP contribution in [0.5, 0.6) is 0 Å². The first-order valence-corrected chi connectivity index (χ1v) is 12.1. The van der Waals surface area contributed by atoms with E-state index in [0.29, 0.717) is 11.4 Å². The third-order valence-electron chi connectivity index (χ3n) is 7.42. The molecule has 3 unspecified atom stereocenters. The summed E-state index contributed by atoms with van der Waals surface area (Å²) < 4.78 is 6.37. The minimum absolute atomic E-state index is 0.230. The van der Waals surface area contributed by atoms with Crippen LogP contribution in [-0.4, -0.2) is 76.9 Å². The Kier molecular flexibility index (Phi) is 5.01. The molecule has 5 rings (SSSR count). The van der Waals surface area contributed by atoms with Gasteiger partial charge in [0.25, 0.3) is 0 Å². The summed E-state index contributed by atoms with van der Waals surface area (Å²) in [5.41, 5.74) is 3.63. The van der Waals surface area contributed by atoms with Gasteiger partial charge in [0.05, 0.1) is 18.2 Å². The summed E-state index contributed by atoms with van der Waals surface area (Å²) in [6.07, 6.45) is 10.9. The van der Waals surface area contributed by atoms with Crippen molar-refractivity contribution >= 4 is 11.8 Å². The molecule has 0 radical (unpaired) electrons. The lowest BCUT2D eigenvalue weighted by molar-refractivity contribution is -0.0213. The minimum atomic E-state index is 0.230. The van der Waals surface area contributed by atoms with Crippen molar-refractivity contribution in [2.75, 3.05) is 45.1 Å². The molecule has 26 heavy (non-hydrogen) atoms. The second-order valence-corrected chi connectivity index (χ2v) is 10.1. The number of likely N-dealkylation sites (tertiary alicyclic amines) is 1. The predicted octanol–water partition coefficient (Wildman–Crippen LogP) is 3.50. The highest BCUT2D eigenvalue weighted by Gasteiger charge is 2.54. The zero-order valence-electron chi connectivity index (χ0n) is 16.4. The van der Waals surface area contributed by atoms with Crippen molar-refractivity contribution in [2.45, 2.75) is 75.2 Å². The molecule has 0 bridgehead atoms. The molecule has 0 aromatic rings. The van der Waals surface area contributed by atoms with Crippen LogP contribution in [0, 0.1) is 0 Å². The van der Waals surface area contributed by atoms with E-state index in [-0.39, 0.29) is 5.54 Å². The van der Waals surface area contributed by atoms with Gasteiger partial charge in [-0.2, -0.15) is 11.8 Å². The molecule has 4 nitrogen and oxygen atoms in total. The SMILES string of the molecule is CCC1(N2CCC2)CN(N2CCCC2)C(C2CCCS2)=C1C1CCCO1. The lowest BCUT2D eigenvalue weighted by Gasteiger charge is -2.49. The van der Waals surface area contributed by atoms with Crippen LogP contribution >= 0.6 is 11.8 Å². The number of ether oxygens (including phenoxy) is 1. The van der Waals surface area contributed by atoms with Crippen molar-refractivity contribution in [3.05, 3.63) is 11.3 Å². The van der Waals surface area contributed by atoms with Gasteiger partial charge in [0, 0.05) is 49.3 Å². The Labute approximate surface area is 163 Å². The van der Waals surface area contributed by atoms with E-state index in [2.05, 4.69) is 33.6 Å². The predicted molar refractivity (Wildman–Crippen MR) is 108 cm³/mol. The van der Waals surface area contributed by atoms with Crippen molar-refractivity contribution in [1.82, 2.24) is 14.9 Å². The third-order valence-corrected chi connectivity index (χ3v) is 8.81. The van der Waals surface area contributed by atoms with Crippen LogP contribution in [0.1, 0.15) is 58.3 Å². The molecule has 0 aromatic carbocycles. The van der Waals surface area contributed by atoms with E-state index in [0.717, 1.165) is 6.61 Å². The van der Waals surface area contributed by atoms with Crippen LogP contribution in [0.15, 0.2) is 11.3 Å². The lowest BCUT2D eigenvalue weighted by Crippen LogP contribution is -2.60. The van der Waals surface area contributed by atoms with Gasteiger partial charge in [0.1, 0.15) is 0 Å². The van der Waals surface area contributed by atoms with Crippen molar-refractivity contribution in [2.24, 2.45) is 0 Å². The van der Waals surface area contributed by atoms with Gasteiger partial charge < -0.3 is 9.75 Å². The lowest BCUT2D eigenvalue weighted by atomic mass is 9.80. The second-order valence-electron chi connectivity index (χ2n) is 8.75. The first kappa shape index (κ1) is 17.8. The number of nitrogens with zero attached hydrogens (tertiary/aromatic N) is 3. The fourth-order valence-electron chi connectivity index (χ4n) is 5.93. The van der Waals surface area contributed by atoms with Gasteiger partial charge in [-0.1, -0.05) is 6.92 Å². The molecule has 0 saturated carbocycles. The summed E-state index contributed by atoms with van der Waals surface area (Å²) in [7, 11) is 0. The molecule has 0 amide bonds. The Morgan fingerprint density at radius 2 is 1.88 bits per heavy atom. The maximum atomic E-state index is 6.37. The highest BCUT2D eigenvalue weighted by molar-refractivity contribution is 8.00. The summed E-state index contributed by atoms with van der Waals surface area (Å²) in [4.78, 5) is 2.81. The van der Waals surface area contributed by atoms with E-state index in [1.54, 1.807) is 11.3 Å². The number of hydrogen-bond donors (Lipinski definition) is 0. The molecule has 4 saturated heterocycles. The zero-order valence-corrected chi connectivity index (χ0v) is 17.2. The highest BCUT2D eigenvalue weighted by atomic mass is 32.2. The zero-order chi connectivity index (χ0) is 17.6. The van der Waals surface area contributed by atoms with Gasteiger partial charge in [-0.05, 0) is 57.1 Å². The molecular weight excluding hydrogens is 342 g/mol. The Balaban J connectivity index is 1.60. The van der Waals surface area contributed by atoms with Crippen molar-refractivity contribution in [1.29, 1.82) is 0 Å². The fourth-order valence-corrected chi connectivity index (χ4v) is 7.29. The molecule has 0 aromatic heterocycles. The quantitative estimate of drug-likeness (QED) is 0.728. The number of hydrogen-bond acceptors (Lipinski definition) is 5. The van der Waals surface area contributed by atoms with Crippen molar-refractivity contribution in [3.63, 3.8) is 0 Å². The van der Waals surface area contributed by atoms with E-state index >= 15 is 0 Å². The monoisotopic (exact) mass is 377 g/mol. The van der Waals surface area contributed by atoms with Gasteiger partial charge in [0.2, 0.25) is 0 Å². The molecule has 5 heteroatoms. The van der Waals surface area contributed by atoms with Crippen molar-refractivity contribution < 1.29 is 4.74 Å². The van der Waals surface area contributed by atoms with Gasteiger partial charge in [-0.15, -0.1) is 0 Å². The van der Waals surface area contributed by atoms with Crippen LogP contribution in [0.3, 0.4) is 0 Å². The van der Waals surface area contributed by atoms with Gasteiger partial charge in [-0.3, -0.25) is 4.90 Å². The molecule has 0 spiro atoms. The molecule has 5 heterocycles. The average molecular weight is 378 g/mol. The van der Waals surface area contributed by atoms with Gasteiger partial charge in [0.15, 0.2) is 0 Å². The largest absolute Gasteiger partial charge is 0.374 e. The molecule has 0 N–H and O–H groups in total. The summed E-state index contributed by atoms with van der Waals surface area (Å²) in [5.74, 6) is 1.34. The highest BCUT2D eigenvalue weighted by Crippen LogP contribution is 2.50. The van der Waals surface area contributed by atoms with Gasteiger partial charge >= 0.3 is 0 Å². The smallest absolute Gasteiger partial charge is 0.0825 e. The Morgan fingerprint density at radius 3 is 2.46 bits per heavy atom. The van der Waals surface area contributed by atoms with Crippen LogP contribution in [0.2, 0.25) is 0 Å². The Hall–Kier alpha value is -0.230. The topological polar surface area (TPSA) is 19.0 Å². The van der Waals surface area contributed by atoms with Gasteiger partial charge in [-0.25, -0.2) is 5.01 Å². The van der Waals surface area contributed by atoms with E-state index in [9.17, 15) is 0 Å². The molecule has 5 aliphatic rings. The molecule has 0 aliphatic carbocycles. The van der Waals surface area contributed by atoms with Crippen LogP contribution in [0.25, 0.3) is 0 Å². The Morgan fingerprint density at radius 1 is 1.04 bits per heavy atom. The second kappa shape index (κ2) is 7.31. The molecule has 146 valence electrons. The normalized spacial score (nSPS) is 39.3. The van der Waals surface area contributed by atoms with E-state index in [4.69, 9.17) is 4.74 Å². The number of thioether (sulfide) groups is 1. The maximum Gasteiger partial charge on any atom is 0.0825 e. The molecule has 3 atom stereocenters. The first-order valence-electron chi connectivity index (χ1n) is 11.1. The average Bonchev–Trinajstić information content (AvgIpc) is 3.36. The molecule has 5 aliphatic heterocycles. The standard InChI is InChI=1S/C21H35N3OS/c1-2-21(22-10-7-11-22)16-24(23-12-3-4-13-23)20(18-9-6-15-26-18)19(21)17-8-5-14-25-17/h17-18H,2-16H2,1H3. The minimum Gasteiger partial charge on any atom is -0.374 e. The van der Waals surface area contributed by atoms with Crippen molar-refractivity contribution in [3.8, 4) is 0 Å². The van der Waals surface area contributed by atoms with Crippen LogP contribution in [-0.2, 0) is 4.74 Å². The van der Waals surface area contributed by atoms with E-state index < -0.39 is 0 Å².